The number of nitrogens with two attached hydrogens (primary N) is 1. The number of hydrogen-bond acceptors (Lipinski definition) is 5. The Hall–Kier alpha value is -4.43. The van der Waals surface area contributed by atoms with Crippen molar-refractivity contribution in [1.29, 1.82) is 0 Å². The molecule has 0 unspecified atom stereocenters. The normalized spacial score (nSPS) is 11.5. The van der Waals surface area contributed by atoms with Crippen LogP contribution in [0.5, 0.6) is 0 Å². The van der Waals surface area contributed by atoms with Gasteiger partial charge in [0.15, 0.2) is 0 Å². The van der Waals surface area contributed by atoms with E-state index in [-0.39, 0.29) is 6.61 Å². The molecule has 0 radical (unpaired) electrons. The molecule has 4 aromatic rings. The van der Waals surface area contributed by atoms with E-state index in [1.165, 1.54) is 0 Å². The van der Waals surface area contributed by atoms with E-state index in [1.54, 1.807) is 35.1 Å². The highest BCUT2D eigenvalue weighted by Crippen LogP contribution is 2.23. The van der Waals surface area contributed by atoms with Crippen LogP contribution in [-0.4, -0.2) is 21.8 Å². The third kappa shape index (κ3) is 6.13. The average molecular weight is 470 g/mol. The summed E-state index contributed by atoms with van der Waals surface area (Å²) in [7, 11) is 1.86. The van der Waals surface area contributed by atoms with Crippen LogP contribution in [-0.2, 0) is 29.7 Å². The van der Waals surface area contributed by atoms with E-state index in [4.69, 9.17) is 10.5 Å². The molecule has 1 aromatic heterocycles. The van der Waals surface area contributed by atoms with Crippen LogP contribution in [0.1, 0.15) is 22.7 Å². The molecule has 0 saturated carbocycles. The first kappa shape index (κ1) is 23.7. The summed E-state index contributed by atoms with van der Waals surface area (Å²) in [5.41, 5.74) is 10.5. The number of aromatic nitrogens is 2. The Morgan fingerprint density at radius 1 is 0.971 bits per heavy atom. The second kappa shape index (κ2) is 11.1. The Morgan fingerprint density at radius 2 is 1.71 bits per heavy atom. The minimum absolute atomic E-state index is 0.0962. The minimum atomic E-state index is -0.972. The largest absolute Gasteiger partial charge is 0.445 e. The number of hydrogen-bond donors (Lipinski definition) is 3. The van der Waals surface area contributed by atoms with Gasteiger partial charge in [-0.05, 0) is 40.5 Å². The summed E-state index contributed by atoms with van der Waals surface area (Å²) in [5.74, 6) is -0.399. The van der Waals surface area contributed by atoms with Crippen LogP contribution in [0.25, 0.3) is 11.3 Å². The maximum absolute atomic E-state index is 13.3. The Balaban J connectivity index is 1.53. The lowest BCUT2D eigenvalue weighted by Crippen LogP contribution is -2.37. The Bertz CT molecular complexity index is 1290. The van der Waals surface area contributed by atoms with Gasteiger partial charge in [0.2, 0.25) is 0 Å². The first-order valence-electron chi connectivity index (χ1n) is 11.2. The fourth-order valence-corrected chi connectivity index (χ4v) is 3.68. The van der Waals surface area contributed by atoms with Crippen LogP contribution in [0, 0.1) is 0 Å². The Kier molecular flexibility index (Phi) is 7.54. The number of alkyl carbamates (subject to hydrolysis) is 1. The molecule has 35 heavy (non-hydrogen) atoms. The predicted molar refractivity (Wildman–Crippen MR) is 134 cm³/mol. The van der Waals surface area contributed by atoms with Gasteiger partial charge in [-0.1, -0.05) is 66.7 Å². The monoisotopic (exact) mass is 469 g/mol. The number of anilines is 1. The van der Waals surface area contributed by atoms with Crippen LogP contribution in [0.15, 0.2) is 91.1 Å². The molecule has 0 aliphatic rings. The standard InChI is InChI=1S/C27H27N5O3/c1-32-24(14-15-29-32)21-10-12-22(13-11-21)25(26(33)30-23-9-5-8-20(16-23)17-28)31-27(34)35-18-19-6-3-2-4-7-19/h2-16,25H,17-18,28H2,1H3,(H,30,33)(H,31,34)/t25-/m1/s1. The number of nitrogens with zero attached hydrogens (tertiary/aromatic N) is 2. The highest BCUT2D eigenvalue weighted by Gasteiger charge is 2.24. The van der Waals surface area contributed by atoms with E-state index in [2.05, 4.69) is 15.7 Å². The van der Waals surface area contributed by atoms with Gasteiger partial charge in [-0.2, -0.15) is 5.10 Å². The number of carbonyl (C=O) groups is 2. The van der Waals surface area contributed by atoms with Crippen molar-refractivity contribution < 1.29 is 14.3 Å². The molecular weight excluding hydrogens is 442 g/mol. The Labute approximate surface area is 203 Å². The quantitative estimate of drug-likeness (QED) is 0.359. The summed E-state index contributed by atoms with van der Waals surface area (Å²) in [6, 6.07) is 24.9. The lowest BCUT2D eigenvalue weighted by Gasteiger charge is -2.19. The number of amides is 2. The van der Waals surface area contributed by atoms with Crippen molar-refractivity contribution >= 4 is 17.7 Å². The molecule has 0 bridgehead atoms. The van der Waals surface area contributed by atoms with Crippen molar-refractivity contribution in [2.45, 2.75) is 19.2 Å². The van der Waals surface area contributed by atoms with Gasteiger partial charge < -0.3 is 21.1 Å². The number of nitrogens with one attached hydrogen (secondary N) is 2. The zero-order valence-corrected chi connectivity index (χ0v) is 19.3. The molecule has 4 rings (SSSR count). The smallest absolute Gasteiger partial charge is 0.408 e. The summed E-state index contributed by atoms with van der Waals surface area (Å²) in [6.45, 7) is 0.450. The topological polar surface area (TPSA) is 111 Å². The van der Waals surface area contributed by atoms with Crippen LogP contribution < -0.4 is 16.4 Å². The van der Waals surface area contributed by atoms with Crippen molar-refractivity contribution in [2.24, 2.45) is 12.8 Å². The molecule has 0 aliphatic heterocycles. The molecule has 0 aliphatic carbocycles. The van der Waals surface area contributed by atoms with E-state index in [0.29, 0.717) is 17.8 Å². The predicted octanol–water partition coefficient (Wildman–Crippen LogP) is 4.15. The molecule has 3 aromatic carbocycles. The van der Waals surface area contributed by atoms with Gasteiger partial charge in [-0.3, -0.25) is 9.48 Å². The summed E-state index contributed by atoms with van der Waals surface area (Å²) >= 11 is 0. The van der Waals surface area contributed by atoms with Crippen molar-refractivity contribution in [3.63, 3.8) is 0 Å². The highest BCUT2D eigenvalue weighted by molar-refractivity contribution is 5.97. The fourth-order valence-electron chi connectivity index (χ4n) is 3.68. The maximum atomic E-state index is 13.3. The number of ether oxygens (including phenoxy) is 1. The Morgan fingerprint density at radius 3 is 2.40 bits per heavy atom. The third-order valence-corrected chi connectivity index (χ3v) is 5.53. The van der Waals surface area contributed by atoms with Gasteiger partial charge in [0, 0.05) is 25.5 Å². The summed E-state index contributed by atoms with van der Waals surface area (Å²) < 4.78 is 7.12. The molecule has 1 heterocycles. The van der Waals surface area contributed by atoms with Gasteiger partial charge in [-0.25, -0.2) is 4.79 Å². The van der Waals surface area contributed by atoms with Crippen LogP contribution in [0.3, 0.4) is 0 Å². The first-order chi connectivity index (χ1) is 17.0. The maximum Gasteiger partial charge on any atom is 0.408 e. The van der Waals surface area contributed by atoms with Crippen LogP contribution >= 0.6 is 0 Å². The molecule has 8 nitrogen and oxygen atoms in total. The van der Waals surface area contributed by atoms with E-state index in [0.717, 1.165) is 22.4 Å². The van der Waals surface area contributed by atoms with Crippen LogP contribution in [0.4, 0.5) is 10.5 Å². The third-order valence-electron chi connectivity index (χ3n) is 5.53. The fraction of sp³-hybridized carbons (Fsp3) is 0.148. The number of rotatable bonds is 8. The van der Waals surface area contributed by atoms with Crippen molar-refractivity contribution in [2.75, 3.05) is 5.32 Å². The lowest BCUT2D eigenvalue weighted by atomic mass is 10.0. The van der Waals surface area contributed by atoms with Gasteiger partial charge in [0.1, 0.15) is 12.6 Å². The van der Waals surface area contributed by atoms with Gasteiger partial charge >= 0.3 is 6.09 Å². The van der Waals surface area contributed by atoms with Gasteiger partial charge in [0.05, 0.1) is 5.69 Å². The molecule has 178 valence electrons. The molecule has 0 spiro atoms. The van der Waals surface area contributed by atoms with Gasteiger partial charge in [-0.15, -0.1) is 0 Å². The van der Waals surface area contributed by atoms with Crippen molar-refractivity contribution in [3.05, 3.63) is 108 Å². The van der Waals surface area contributed by atoms with E-state index >= 15 is 0 Å². The summed E-state index contributed by atoms with van der Waals surface area (Å²) in [6.07, 6.45) is 1.03. The molecule has 0 fully saturated rings. The molecular formula is C27H27N5O3. The number of aryl methyl sites for hydroxylation is 1. The second-order valence-electron chi connectivity index (χ2n) is 7.99. The molecule has 1 atom stereocenters. The van der Waals surface area contributed by atoms with Crippen molar-refractivity contribution in [3.8, 4) is 11.3 Å². The molecule has 2 amide bonds. The zero-order valence-electron chi connectivity index (χ0n) is 19.3. The van der Waals surface area contributed by atoms with E-state index in [1.807, 2.05) is 67.7 Å². The van der Waals surface area contributed by atoms with Gasteiger partial charge in [0.25, 0.3) is 5.91 Å². The van der Waals surface area contributed by atoms with E-state index in [9.17, 15) is 9.59 Å². The van der Waals surface area contributed by atoms with Crippen LogP contribution in [0.2, 0.25) is 0 Å². The highest BCUT2D eigenvalue weighted by atomic mass is 16.5. The molecule has 4 N–H and O–H groups in total. The number of carbonyl (C=O) groups excluding carboxylic acids is 2. The summed E-state index contributed by atoms with van der Waals surface area (Å²) in [5, 5.41) is 9.76. The minimum Gasteiger partial charge on any atom is -0.445 e. The number of benzene rings is 3. The lowest BCUT2D eigenvalue weighted by molar-refractivity contribution is -0.118. The van der Waals surface area contributed by atoms with Crippen molar-refractivity contribution in [1.82, 2.24) is 15.1 Å². The summed E-state index contributed by atoms with van der Waals surface area (Å²) in [4.78, 5) is 25.9. The second-order valence-corrected chi connectivity index (χ2v) is 7.99. The zero-order chi connectivity index (χ0) is 24.6. The SMILES string of the molecule is Cn1nccc1-c1ccc([C@@H](NC(=O)OCc2ccccc2)C(=O)Nc2cccc(CN)c2)cc1. The molecule has 0 saturated heterocycles. The van der Waals surface area contributed by atoms with E-state index < -0.39 is 18.0 Å². The first-order valence-corrected chi connectivity index (χ1v) is 11.2. The average Bonchev–Trinajstić information content (AvgIpc) is 3.32. The molecule has 8 heteroatoms.